The monoisotopic (exact) mass is 304 g/mol. The lowest BCUT2D eigenvalue weighted by Gasteiger charge is -2.53. The van der Waals surface area contributed by atoms with E-state index in [-0.39, 0.29) is 11.8 Å². The molecule has 1 heterocycles. The molecule has 112 valence electrons. The summed E-state index contributed by atoms with van der Waals surface area (Å²) in [5.41, 5.74) is 1.60. The normalized spacial score (nSPS) is 36.8. The average molecular weight is 305 g/mol. The van der Waals surface area contributed by atoms with Crippen LogP contribution in [0.4, 0.5) is 5.69 Å². The molecule has 4 fully saturated rings. The number of carbonyl (C=O) groups is 1. The molecule has 1 N–H and O–H groups in total. The van der Waals surface area contributed by atoms with Crippen molar-refractivity contribution >= 4 is 23.2 Å². The number of aryl methyl sites for hydroxylation is 1. The Morgan fingerprint density at radius 2 is 1.76 bits per heavy atom. The van der Waals surface area contributed by atoms with E-state index in [9.17, 15) is 4.79 Å². The van der Waals surface area contributed by atoms with E-state index in [4.69, 9.17) is 11.6 Å². The second-order valence-electron chi connectivity index (χ2n) is 7.21. The van der Waals surface area contributed by atoms with E-state index >= 15 is 0 Å². The van der Waals surface area contributed by atoms with Gasteiger partial charge in [0.05, 0.1) is 11.4 Å². The van der Waals surface area contributed by atoms with E-state index in [1.165, 1.54) is 32.1 Å². The van der Waals surface area contributed by atoms with Crippen molar-refractivity contribution in [3.8, 4) is 0 Å². The summed E-state index contributed by atoms with van der Waals surface area (Å²) in [7, 11) is 0. The molecule has 0 saturated heterocycles. The van der Waals surface area contributed by atoms with Crippen molar-refractivity contribution < 1.29 is 4.79 Å². The summed E-state index contributed by atoms with van der Waals surface area (Å²) in [6.07, 6.45) is 6.49. The van der Waals surface area contributed by atoms with Gasteiger partial charge in [-0.3, -0.25) is 4.79 Å². The van der Waals surface area contributed by atoms with Crippen molar-refractivity contribution in [1.82, 2.24) is 4.98 Å². The van der Waals surface area contributed by atoms with Crippen LogP contribution in [0.3, 0.4) is 0 Å². The molecule has 21 heavy (non-hydrogen) atoms. The zero-order valence-corrected chi connectivity index (χ0v) is 13.1. The summed E-state index contributed by atoms with van der Waals surface area (Å²) < 4.78 is 0. The predicted octanol–water partition coefficient (Wildman–Crippen LogP) is 4.05. The first-order valence-corrected chi connectivity index (χ1v) is 8.42. The van der Waals surface area contributed by atoms with Crippen molar-refractivity contribution in [3.63, 3.8) is 0 Å². The molecule has 3 nitrogen and oxygen atoms in total. The largest absolute Gasteiger partial charge is 0.324 e. The lowest BCUT2D eigenvalue weighted by molar-refractivity contribution is -0.132. The first-order chi connectivity index (χ1) is 10.1. The van der Waals surface area contributed by atoms with Crippen LogP contribution in [0.15, 0.2) is 12.1 Å². The fourth-order valence-corrected chi connectivity index (χ4v) is 5.42. The standard InChI is InChI=1S/C17H21ClN2O/c1-9-14(2-3-15(18)19-9)20-17(21)16-12-5-10-4-11(7-12)8-13(16)6-10/h2-3,10-13,16H,4-8H2,1H3,(H,20,21). The van der Waals surface area contributed by atoms with E-state index in [1.807, 2.05) is 13.0 Å². The quantitative estimate of drug-likeness (QED) is 0.837. The third kappa shape index (κ3) is 2.36. The highest BCUT2D eigenvalue weighted by Gasteiger charge is 2.50. The highest BCUT2D eigenvalue weighted by Crippen LogP contribution is 2.56. The van der Waals surface area contributed by atoms with Gasteiger partial charge in [-0.1, -0.05) is 11.6 Å². The van der Waals surface area contributed by atoms with Gasteiger partial charge in [0.25, 0.3) is 0 Å². The van der Waals surface area contributed by atoms with Crippen molar-refractivity contribution in [2.75, 3.05) is 5.32 Å². The molecule has 1 amide bonds. The maximum Gasteiger partial charge on any atom is 0.228 e. The van der Waals surface area contributed by atoms with E-state index in [0.717, 1.165) is 23.2 Å². The molecule has 4 bridgehead atoms. The summed E-state index contributed by atoms with van der Waals surface area (Å²) >= 11 is 5.88. The molecule has 0 aliphatic heterocycles. The number of nitrogens with one attached hydrogen (secondary N) is 1. The number of aromatic nitrogens is 1. The first kappa shape index (κ1) is 13.6. The van der Waals surface area contributed by atoms with Gasteiger partial charge in [-0.05, 0) is 74.8 Å². The molecule has 4 aliphatic rings. The number of amides is 1. The molecular formula is C17H21ClN2O. The molecule has 1 aromatic heterocycles. The van der Waals surface area contributed by atoms with Crippen molar-refractivity contribution in [2.45, 2.75) is 39.0 Å². The van der Waals surface area contributed by atoms with Gasteiger partial charge in [0, 0.05) is 5.92 Å². The van der Waals surface area contributed by atoms with Crippen molar-refractivity contribution in [3.05, 3.63) is 23.0 Å². The van der Waals surface area contributed by atoms with Gasteiger partial charge in [-0.15, -0.1) is 0 Å². The third-order valence-electron chi connectivity index (χ3n) is 5.84. The van der Waals surface area contributed by atoms with Crippen LogP contribution in [0, 0.1) is 36.5 Å². The molecule has 0 spiro atoms. The number of nitrogens with zero attached hydrogens (tertiary/aromatic N) is 1. The van der Waals surface area contributed by atoms with Gasteiger partial charge in [-0.2, -0.15) is 0 Å². The van der Waals surface area contributed by atoms with Crippen LogP contribution < -0.4 is 5.32 Å². The van der Waals surface area contributed by atoms with E-state index in [1.54, 1.807) is 6.07 Å². The SMILES string of the molecule is Cc1nc(Cl)ccc1NC(=O)C1C2CC3CC(C2)CC1C3. The molecule has 4 saturated carbocycles. The lowest BCUT2D eigenvalue weighted by atomic mass is 9.51. The predicted molar refractivity (Wildman–Crippen MR) is 83.1 cm³/mol. The number of carbonyl (C=O) groups excluding carboxylic acids is 1. The summed E-state index contributed by atoms with van der Waals surface area (Å²) in [4.78, 5) is 17.0. The highest BCUT2D eigenvalue weighted by molar-refractivity contribution is 6.29. The lowest BCUT2D eigenvalue weighted by Crippen LogP contribution is -2.49. The van der Waals surface area contributed by atoms with Crippen LogP contribution in [0.5, 0.6) is 0 Å². The fourth-order valence-electron chi connectivity index (χ4n) is 5.23. The number of halogens is 1. The number of hydrogen-bond acceptors (Lipinski definition) is 2. The minimum atomic E-state index is 0.205. The minimum absolute atomic E-state index is 0.205. The Hall–Kier alpha value is -1.09. The first-order valence-electron chi connectivity index (χ1n) is 8.04. The number of anilines is 1. The van der Waals surface area contributed by atoms with Crippen LogP contribution in [0.1, 0.15) is 37.8 Å². The van der Waals surface area contributed by atoms with Crippen molar-refractivity contribution in [1.29, 1.82) is 0 Å². The van der Waals surface area contributed by atoms with Crippen LogP contribution in [-0.4, -0.2) is 10.9 Å². The smallest absolute Gasteiger partial charge is 0.228 e. The molecule has 1 aromatic rings. The third-order valence-corrected chi connectivity index (χ3v) is 6.05. The topological polar surface area (TPSA) is 42.0 Å². The summed E-state index contributed by atoms with van der Waals surface area (Å²) in [6, 6.07) is 3.60. The number of rotatable bonds is 2. The van der Waals surface area contributed by atoms with Gasteiger partial charge in [0.2, 0.25) is 5.91 Å². The molecule has 0 aromatic carbocycles. The van der Waals surface area contributed by atoms with E-state index in [0.29, 0.717) is 17.0 Å². The van der Waals surface area contributed by atoms with Crippen LogP contribution in [0.25, 0.3) is 0 Å². The highest BCUT2D eigenvalue weighted by atomic mass is 35.5. The zero-order chi connectivity index (χ0) is 14.6. The molecule has 5 rings (SSSR count). The fraction of sp³-hybridized carbons (Fsp3) is 0.647. The van der Waals surface area contributed by atoms with Crippen LogP contribution in [0.2, 0.25) is 5.15 Å². The Morgan fingerprint density at radius 1 is 1.14 bits per heavy atom. The van der Waals surface area contributed by atoms with E-state index in [2.05, 4.69) is 10.3 Å². The Kier molecular flexibility index (Phi) is 3.21. The second kappa shape index (κ2) is 4.98. The molecule has 0 unspecified atom stereocenters. The van der Waals surface area contributed by atoms with Crippen molar-refractivity contribution in [2.24, 2.45) is 29.6 Å². The van der Waals surface area contributed by atoms with Crippen LogP contribution in [-0.2, 0) is 4.79 Å². The van der Waals surface area contributed by atoms with Gasteiger partial charge in [0.15, 0.2) is 0 Å². The summed E-state index contributed by atoms with van der Waals surface area (Å²) in [5, 5.41) is 3.58. The number of hydrogen-bond donors (Lipinski definition) is 1. The van der Waals surface area contributed by atoms with Gasteiger partial charge < -0.3 is 5.32 Å². The Bertz CT molecular complexity index is 558. The van der Waals surface area contributed by atoms with Gasteiger partial charge >= 0.3 is 0 Å². The molecule has 4 aliphatic carbocycles. The molecular weight excluding hydrogens is 284 g/mol. The second-order valence-corrected chi connectivity index (χ2v) is 7.60. The molecule has 0 radical (unpaired) electrons. The zero-order valence-electron chi connectivity index (χ0n) is 12.3. The maximum atomic E-state index is 12.8. The van der Waals surface area contributed by atoms with Gasteiger partial charge in [-0.25, -0.2) is 4.98 Å². The summed E-state index contributed by atoms with van der Waals surface area (Å²) in [6.45, 7) is 1.89. The average Bonchev–Trinajstić information content (AvgIpc) is 2.40. The van der Waals surface area contributed by atoms with E-state index < -0.39 is 0 Å². The van der Waals surface area contributed by atoms with Gasteiger partial charge in [0.1, 0.15) is 5.15 Å². The minimum Gasteiger partial charge on any atom is -0.324 e. The summed E-state index contributed by atoms with van der Waals surface area (Å²) in [5.74, 6) is 3.44. The number of pyridine rings is 1. The Morgan fingerprint density at radius 3 is 2.33 bits per heavy atom. The Balaban J connectivity index is 1.52. The molecule has 4 heteroatoms. The Labute approximate surface area is 130 Å². The maximum absolute atomic E-state index is 12.8. The van der Waals surface area contributed by atoms with Crippen LogP contribution >= 0.6 is 11.6 Å². The molecule has 0 atom stereocenters.